The van der Waals surface area contributed by atoms with E-state index < -0.39 is 0 Å². The van der Waals surface area contributed by atoms with E-state index in [2.05, 4.69) is 5.32 Å². The normalized spacial score (nSPS) is 11.8. The summed E-state index contributed by atoms with van der Waals surface area (Å²) in [7, 11) is 3.53. The Morgan fingerprint density at radius 3 is 2.46 bits per heavy atom. The lowest BCUT2D eigenvalue weighted by atomic mass is 10.1. The molecule has 0 saturated heterocycles. The third-order valence-corrected chi connectivity index (χ3v) is 2.37. The molecule has 4 nitrogen and oxygen atoms in total. The van der Waals surface area contributed by atoms with Crippen LogP contribution < -0.4 is 5.32 Å². The van der Waals surface area contributed by atoms with Crippen molar-refractivity contribution in [3.05, 3.63) is 0 Å². The second kappa shape index (κ2) is 5.19. The fourth-order valence-electron chi connectivity index (χ4n) is 0.818. The van der Waals surface area contributed by atoms with Crippen molar-refractivity contribution in [1.82, 2.24) is 10.2 Å². The molecule has 4 heteroatoms. The number of nitrogens with one attached hydrogen (secondary N) is 1. The number of rotatable bonds is 5. The van der Waals surface area contributed by atoms with Crippen LogP contribution in [0.1, 0.15) is 20.3 Å². The highest BCUT2D eigenvalue weighted by molar-refractivity contribution is 5.75. The molecule has 0 aliphatic carbocycles. The molecule has 0 aromatic rings. The van der Waals surface area contributed by atoms with Crippen LogP contribution in [-0.4, -0.2) is 48.7 Å². The summed E-state index contributed by atoms with van der Waals surface area (Å²) in [6.45, 7) is 4.64. The van der Waals surface area contributed by atoms with Crippen molar-refractivity contribution in [2.45, 2.75) is 25.8 Å². The van der Waals surface area contributed by atoms with Crippen LogP contribution in [0.2, 0.25) is 0 Å². The van der Waals surface area contributed by atoms with Gasteiger partial charge in [0, 0.05) is 25.6 Å². The maximum absolute atomic E-state index is 10.9. The van der Waals surface area contributed by atoms with E-state index in [1.807, 2.05) is 25.8 Å². The first-order chi connectivity index (χ1) is 5.94. The van der Waals surface area contributed by atoms with Gasteiger partial charge >= 0.3 is 0 Å². The van der Waals surface area contributed by atoms with Crippen LogP contribution in [0.5, 0.6) is 0 Å². The lowest BCUT2D eigenvalue weighted by molar-refractivity contribution is -0.121. The Labute approximate surface area is 79.9 Å². The van der Waals surface area contributed by atoms with Gasteiger partial charge in [0.25, 0.3) is 0 Å². The van der Waals surface area contributed by atoms with E-state index in [1.54, 1.807) is 7.05 Å². The number of hydrogen-bond acceptors (Lipinski definition) is 3. The zero-order chi connectivity index (χ0) is 10.5. The topological polar surface area (TPSA) is 52.6 Å². The van der Waals surface area contributed by atoms with Gasteiger partial charge in [0.2, 0.25) is 5.91 Å². The van der Waals surface area contributed by atoms with Crippen LogP contribution in [0.3, 0.4) is 0 Å². The molecule has 0 radical (unpaired) electrons. The number of carbonyl (C=O) groups is 1. The van der Waals surface area contributed by atoms with Gasteiger partial charge in [0.1, 0.15) is 0 Å². The zero-order valence-corrected chi connectivity index (χ0v) is 8.92. The van der Waals surface area contributed by atoms with Crippen molar-refractivity contribution in [1.29, 1.82) is 0 Å². The van der Waals surface area contributed by atoms with Crippen LogP contribution in [0.15, 0.2) is 0 Å². The third-order valence-electron chi connectivity index (χ3n) is 2.37. The number of aliphatic hydroxyl groups is 1. The minimum atomic E-state index is -0.256. The van der Waals surface area contributed by atoms with Crippen molar-refractivity contribution in [2.24, 2.45) is 0 Å². The minimum Gasteiger partial charge on any atom is -0.394 e. The van der Waals surface area contributed by atoms with E-state index in [1.165, 1.54) is 0 Å². The maximum Gasteiger partial charge on any atom is 0.221 e. The third kappa shape index (κ3) is 4.24. The summed E-state index contributed by atoms with van der Waals surface area (Å²) >= 11 is 0. The Morgan fingerprint density at radius 1 is 1.54 bits per heavy atom. The second-order valence-corrected chi connectivity index (χ2v) is 3.82. The number of carbonyl (C=O) groups excluding carboxylic acids is 1. The monoisotopic (exact) mass is 188 g/mol. The van der Waals surface area contributed by atoms with Crippen LogP contribution in [-0.2, 0) is 4.79 Å². The Morgan fingerprint density at radius 2 is 2.08 bits per heavy atom. The lowest BCUT2D eigenvalue weighted by Crippen LogP contribution is -2.45. The molecule has 13 heavy (non-hydrogen) atoms. The van der Waals surface area contributed by atoms with Crippen molar-refractivity contribution in [3.8, 4) is 0 Å². The highest BCUT2D eigenvalue weighted by Crippen LogP contribution is 2.10. The molecule has 0 heterocycles. The highest BCUT2D eigenvalue weighted by atomic mass is 16.3. The van der Waals surface area contributed by atoms with Crippen molar-refractivity contribution < 1.29 is 9.90 Å². The Balaban J connectivity index is 3.87. The molecule has 0 saturated carbocycles. The van der Waals surface area contributed by atoms with Crippen LogP contribution in [0.25, 0.3) is 0 Å². The van der Waals surface area contributed by atoms with Gasteiger partial charge in [-0.3, -0.25) is 9.69 Å². The molecule has 0 rings (SSSR count). The Kier molecular flexibility index (Phi) is 4.95. The van der Waals surface area contributed by atoms with Gasteiger partial charge in [-0.05, 0) is 20.9 Å². The number of nitrogens with zero attached hydrogens (tertiary/aromatic N) is 1. The molecule has 78 valence electrons. The zero-order valence-electron chi connectivity index (χ0n) is 8.92. The summed E-state index contributed by atoms with van der Waals surface area (Å²) in [5.74, 6) is 0.0283. The molecule has 0 fully saturated rings. The predicted octanol–water partition coefficient (Wildman–Crippen LogP) is -0.175. The molecule has 0 aliphatic rings. The molecule has 0 unspecified atom stereocenters. The summed E-state index contributed by atoms with van der Waals surface area (Å²) in [6, 6.07) is 0. The fourth-order valence-corrected chi connectivity index (χ4v) is 0.818. The number of aliphatic hydroxyl groups excluding tert-OH is 1. The van der Waals surface area contributed by atoms with E-state index in [4.69, 9.17) is 5.11 Å². The SMILES string of the molecule is CNC(=O)CCN(C)C(C)(C)CO. The van der Waals surface area contributed by atoms with Crippen molar-refractivity contribution in [2.75, 3.05) is 27.2 Å². The average molecular weight is 188 g/mol. The van der Waals surface area contributed by atoms with Crippen LogP contribution >= 0.6 is 0 Å². The summed E-state index contributed by atoms with van der Waals surface area (Å²) in [4.78, 5) is 12.9. The van der Waals surface area contributed by atoms with Gasteiger partial charge in [-0.25, -0.2) is 0 Å². The van der Waals surface area contributed by atoms with Gasteiger partial charge in [0.15, 0.2) is 0 Å². The molecule has 0 bridgehead atoms. The molecule has 0 aromatic heterocycles. The van der Waals surface area contributed by atoms with Crippen LogP contribution in [0.4, 0.5) is 0 Å². The van der Waals surface area contributed by atoms with Gasteiger partial charge in [-0.1, -0.05) is 0 Å². The first kappa shape index (κ1) is 12.4. The number of likely N-dealkylation sites (N-methyl/N-ethyl adjacent to an activating group) is 1. The maximum atomic E-state index is 10.9. The minimum absolute atomic E-state index is 0.0283. The molecule has 0 aromatic carbocycles. The molecular weight excluding hydrogens is 168 g/mol. The number of hydrogen-bond donors (Lipinski definition) is 2. The predicted molar refractivity (Wildman–Crippen MR) is 52.5 cm³/mol. The summed E-state index contributed by atoms with van der Waals surface area (Å²) in [5, 5.41) is 11.6. The van der Waals surface area contributed by atoms with E-state index in [0.717, 1.165) is 0 Å². The molecule has 2 N–H and O–H groups in total. The van der Waals surface area contributed by atoms with E-state index in [-0.39, 0.29) is 18.1 Å². The van der Waals surface area contributed by atoms with Gasteiger partial charge in [-0.2, -0.15) is 0 Å². The van der Waals surface area contributed by atoms with Crippen molar-refractivity contribution in [3.63, 3.8) is 0 Å². The van der Waals surface area contributed by atoms with E-state index in [0.29, 0.717) is 13.0 Å². The van der Waals surface area contributed by atoms with E-state index in [9.17, 15) is 4.79 Å². The first-order valence-corrected chi connectivity index (χ1v) is 4.46. The lowest BCUT2D eigenvalue weighted by Gasteiger charge is -2.33. The number of amides is 1. The van der Waals surface area contributed by atoms with Gasteiger partial charge < -0.3 is 10.4 Å². The summed E-state index contributed by atoms with van der Waals surface area (Å²) in [5.41, 5.74) is -0.256. The molecule has 0 spiro atoms. The molecule has 0 aliphatic heterocycles. The molecular formula is C9H20N2O2. The van der Waals surface area contributed by atoms with Gasteiger partial charge in [-0.15, -0.1) is 0 Å². The quantitative estimate of drug-likeness (QED) is 0.629. The Bertz CT molecular complexity index is 169. The second-order valence-electron chi connectivity index (χ2n) is 3.82. The van der Waals surface area contributed by atoms with Gasteiger partial charge in [0.05, 0.1) is 6.61 Å². The molecule has 1 amide bonds. The Hall–Kier alpha value is -0.610. The standard InChI is InChI=1S/C9H20N2O2/c1-9(2,7-12)11(4)6-5-8(13)10-3/h12H,5-7H2,1-4H3,(H,10,13). The smallest absolute Gasteiger partial charge is 0.221 e. The summed E-state index contributed by atoms with van der Waals surface area (Å²) < 4.78 is 0. The first-order valence-electron chi connectivity index (χ1n) is 4.46. The highest BCUT2D eigenvalue weighted by Gasteiger charge is 2.22. The molecule has 0 atom stereocenters. The van der Waals surface area contributed by atoms with Crippen molar-refractivity contribution >= 4 is 5.91 Å². The average Bonchev–Trinajstić information content (AvgIpc) is 2.13. The largest absolute Gasteiger partial charge is 0.394 e. The van der Waals surface area contributed by atoms with Crippen LogP contribution in [0, 0.1) is 0 Å². The van der Waals surface area contributed by atoms with E-state index >= 15 is 0 Å². The summed E-state index contributed by atoms with van der Waals surface area (Å²) in [6.07, 6.45) is 0.469. The fraction of sp³-hybridized carbons (Fsp3) is 0.889.